The van der Waals surface area contributed by atoms with E-state index < -0.39 is 12.2 Å². The van der Waals surface area contributed by atoms with E-state index in [1.54, 1.807) is 13.2 Å². The van der Waals surface area contributed by atoms with Crippen LogP contribution >= 0.6 is 0 Å². The van der Waals surface area contributed by atoms with Crippen LogP contribution in [0.3, 0.4) is 0 Å². The Labute approximate surface area is 117 Å². The van der Waals surface area contributed by atoms with Gasteiger partial charge in [0.25, 0.3) is 0 Å². The number of hydrogen-bond donors (Lipinski definition) is 2. The molecule has 0 aliphatic carbocycles. The van der Waals surface area contributed by atoms with Gasteiger partial charge in [-0.25, -0.2) is 9.59 Å². The van der Waals surface area contributed by atoms with Gasteiger partial charge in [-0.3, -0.25) is 0 Å². The maximum atomic E-state index is 11.1. The van der Waals surface area contributed by atoms with Crippen molar-refractivity contribution >= 4 is 12.2 Å². The summed E-state index contributed by atoms with van der Waals surface area (Å²) in [7, 11) is 4.14. The first kappa shape index (κ1) is 15.6. The molecule has 7 nitrogen and oxygen atoms in total. The number of methoxy groups -OCH3 is 3. The molecule has 0 unspecified atom stereocenters. The average molecular weight is 282 g/mol. The monoisotopic (exact) mass is 282 g/mol. The first-order chi connectivity index (χ1) is 9.60. The zero-order valence-corrected chi connectivity index (χ0v) is 11.7. The number of rotatable bonds is 5. The Morgan fingerprint density at radius 3 is 2.15 bits per heavy atom. The fraction of sp³-hybridized carbons (Fsp3) is 0.385. The van der Waals surface area contributed by atoms with Gasteiger partial charge in [-0.15, -0.1) is 0 Å². The predicted octanol–water partition coefficient (Wildman–Crippen LogP) is 1.41. The van der Waals surface area contributed by atoms with E-state index in [2.05, 4.69) is 20.1 Å². The number of amides is 2. The summed E-state index contributed by atoms with van der Waals surface area (Å²) in [6.07, 6.45) is -1.03. The molecule has 110 valence electrons. The van der Waals surface area contributed by atoms with Crippen molar-refractivity contribution in [3.63, 3.8) is 0 Å². The molecule has 0 bridgehead atoms. The van der Waals surface area contributed by atoms with Gasteiger partial charge in [0.2, 0.25) is 0 Å². The minimum Gasteiger partial charge on any atom is -0.496 e. The third-order valence-corrected chi connectivity index (χ3v) is 2.58. The molecule has 0 radical (unpaired) electrons. The molecule has 1 aromatic rings. The molecule has 0 spiro atoms. The lowest BCUT2D eigenvalue weighted by molar-refractivity contribution is 0.170. The van der Waals surface area contributed by atoms with Gasteiger partial charge in [0.15, 0.2) is 0 Å². The summed E-state index contributed by atoms with van der Waals surface area (Å²) in [5, 5.41) is 5.15. The van der Waals surface area contributed by atoms with Gasteiger partial charge in [-0.1, -0.05) is 6.07 Å². The van der Waals surface area contributed by atoms with E-state index in [-0.39, 0.29) is 6.54 Å². The van der Waals surface area contributed by atoms with Gasteiger partial charge in [-0.2, -0.15) is 0 Å². The Morgan fingerprint density at radius 1 is 1.00 bits per heavy atom. The fourth-order valence-corrected chi connectivity index (χ4v) is 1.57. The van der Waals surface area contributed by atoms with Gasteiger partial charge >= 0.3 is 12.2 Å². The lowest BCUT2D eigenvalue weighted by Crippen LogP contribution is -2.24. The zero-order chi connectivity index (χ0) is 15.0. The minimum absolute atomic E-state index is 0.266. The van der Waals surface area contributed by atoms with E-state index in [4.69, 9.17) is 4.74 Å². The van der Waals surface area contributed by atoms with Crippen LogP contribution < -0.4 is 15.4 Å². The standard InChI is InChI=1S/C13H18N2O5/c1-18-11-5-4-9(7-14-12(16)19-2)6-10(11)8-15-13(17)20-3/h4-6H,7-8H2,1-3H3,(H,14,16)(H,15,17). The molecule has 0 aliphatic heterocycles. The van der Waals surface area contributed by atoms with Gasteiger partial charge in [0.1, 0.15) is 5.75 Å². The molecule has 2 amide bonds. The van der Waals surface area contributed by atoms with E-state index in [1.807, 2.05) is 12.1 Å². The zero-order valence-electron chi connectivity index (χ0n) is 11.7. The van der Waals surface area contributed by atoms with Crippen molar-refractivity contribution in [2.24, 2.45) is 0 Å². The second kappa shape index (κ2) is 7.88. The minimum atomic E-state index is -0.523. The molecule has 0 aliphatic rings. The Morgan fingerprint density at radius 2 is 1.60 bits per heavy atom. The van der Waals surface area contributed by atoms with Gasteiger partial charge in [-0.05, 0) is 17.7 Å². The van der Waals surface area contributed by atoms with Crippen LogP contribution in [0.25, 0.3) is 0 Å². The van der Waals surface area contributed by atoms with Crippen molar-refractivity contribution in [1.82, 2.24) is 10.6 Å². The molecular weight excluding hydrogens is 264 g/mol. The summed E-state index contributed by atoms with van der Waals surface area (Å²) in [5.74, 6) is 0.642. The SMILES string of the molecule is COC(=O)NCc1ccc(OC)c(CNC(=O)OC)c1. The second-order valence-corrected chi connectivity index (χ2v) is 3.84. The van der Waals surface area contributed by atoms with Crippen LogP contribution in [-0.4, -0.2) is 33.5 Å². The summed E-state index contributed by atoms with van der Waals surface area (Å²) in [4.78, 5) is 22.1. The van der Waals surface area contributed by atoms with E-state index >= 15 is 0 Å². The van der Waals surface area contributed by atoms with E-state index in [0.717, 1.165) is 11.1 Å². The Balaban J connectivity index is 2.74. The van der Waals surface area contributed by atoms with Crippen LogP contribution in [0.2, 0.25) is 0 Å². The first-order valence-corrected chi connectivity index (χ1v) is 5.90. The molecule has 2 N–H and O–H groups in total. The molecule has 0 heterocycles. The molecule has 0 fully saturated rings. The van der Waals surface area contributed by atoms with Crippen LogP contribution in [-0.2, 0) is 22.6 Å². The van der Waals surface area contributed by atoms with Crippen LogP contribution in [0.4, 0.5) is 9.59 Å². The Hall–Kier alpha value is -2.44. The van der Waals surface area contributed by atoms with Crippen LogP contribution in [0.15, 0.2) is 18.2 Å². The molecule has 1 rings (SSSR count). The van der Waals surface area contributed by atoms with E-state index in [0.29, 0.717) is 12.3 Å². The third kappa shape index (κ3) is 4.68. The third-order valence-electron chi connectivity index (χ3n) is 2.58. The van der Waals surface area contributed by atoms with Gasteiger partial charge in [0, 0.05) is 18.7 Å². The lowest BCUT2D eigenvalue weighted by Gasteiger charge is -2.12. The number of hydrogen-bond acceptors (Lipinski definition) is 5. The van der Waals surface area contributed by atoms with Crippen molar-refractivity contribution in [3.05, 3.63) is 29.3 Å². The normalized spacial score (nSPS) is 9.55. The summed E-state index contributed by atoms with van der Waals surface area (Å²) in [5.41, 5.74) is 1.64. The van der Waals surface area contributed by atoms with Crippen molar-refractivity contribution in [3.8, 4) is 5.75 Å². The predicted molar refractivity (Wildman–Crippen MR) is 71.5 cm³/mol. The molecule has 0 aromatic heterocycles. The fourth-order valence-electron chi connectivity index (χ4n) is 1.57. The van der Waals surface area contributed by atoms with Crippen LogP contribution in [0, 0.1) is 0 Å². The molecule has 1 aromatic carbocycles. The number of ether oxygens (including phenoxy) is 3. The van der Waals surface area contributed by atoms with Crippen molar-refractivity contribution in [2.45, 2.75) is 13.1 Å². The lowest BCUT2D eigenvalue weighted by atomic mass is 10.1. The number of nitrogens with one attached hydrogen (secondary N) is 2. The average Bonchev–Trinajstić information content (AvgIpc) is 2.49. The Kier molecular flexibility index (Phi) is 6.15. The van der Waals surface area contributed by atoms with Crippen LogP contribution in [0.5, 0.6) is 5.75 Å². The van der Waals surface area contributed by atoms with E-state index in [1.165, 1.54) is 14.2 Å². The van der Waals surface area contributed by atoms with Crippen molar-refractivity contribution in [2.75, 3.05) is 21.3 Å². The molecule has 0 atom stereocenters. The maximum Gasteiger partial charge on any atom is 0.407 e. The maximum absolute atomic E-state index is 11.1. The molecule has 0 saturated heterocycles. The summed E-state index contributed by atoms with van der Waals surface area (Å²) >= 11 is 0. The Bertz CT molecular complexity index is 476. The number of benzene rings is 1. The molecule has 20 heavy (non-hydrogen) atoms. The summed E-state index contributed by atoms with van der Waals surface area (Å²) < 4.78 is 14.2. The smallest absolute Gasteiger partial charge is 0.407 e. The molecular formula is C13H18N2O5. The first-order valence-electron chi connectivity index (χ1n) is 5.90. The van der Waals surface area contributed by atoms with Crippen molar-refractivity contribution in [1.29, 1.82) is 0 Å². The highest BCUT2D eigenvalue weighted by Crippen LogP contribution is 2.19. The number of carbonyl (C=O) groups is 2. The van der Waals surface area contributed by atoms with Crippen LogP contribution in [0.1, 0.15) is 11.1 Å². The number of alkyl carbamates (subject to hydrolysis) is 2. The highest BCUT2D eigenvalue weighted by atomic mass is 16.5. The highest BCUT2D eigenvalue weighted by Gasteiger charge is 2.07. The topological polar surface area (TPSA) is 85.9 Å². The summed E-state index contributed by atoms with van der Waals surface area (Å²) in [6, 6.07) is 5.41. The van der Waals surface area contributed by atoms with Crippen molar-refractivity contribution < 1.29 is 23.8 Å². The largest absolute Gasteiger partial charge is 0.496 e. The molecule has 7 heteroatoms. The molecule has 0 saturated carbocycles. The highest BCUT2D eigenvalue weighted by molar-refractivity contribution is 5.67. The quantitative estimate of drug-likeness (QED) is 0.852. The second-order valence-electron chi connectivity index (χ2n) is 3.84. The van der Waals surface area contributed by atoms with E-state index in [9.17, 15) is 9.59 Å². The van der Waals surface area contributed by atoms with Gasteiger partial charge < -0.3 is 24.8 Å². The number of carbonyl (C=O) groups excluding carboxylic acids is 2. The summed E-state index contributed by atoms with van der Waals surface area (Å²) in [6.45, 7) is 0.587. The van der Waals surface area contributed by atoms with Gasteiger partial charge in [0.05, 0.1) is 21.3 Å².